The van der Waals surface area contributed by atoms with Crippen molar-refractivity contribution in [1.29, 1.82) is 0 Å². The van der Waals surface area contributed by atoms with E-state index in [1.54, 1.807) is 13.2 Å². The monoisotopic (exact) mass is 554 g/mol. The zero-order chi connectivity index (χ0) is 26.7. The number of rotatable bonds is 9. The number of hydrogen-bond donors (Lipinski definition) is 2. The highest BCUT2D eigenvalue weighted by atomic mass is 32.2. The van der Waals surface area contributed by atoms with Gasteiger partial charge in [-0.2, -0.15) is 5.10 Å². The molecule has 2 N–H and O–H groups in total. The summed E-state index contributed by atoms with van der Waals surface area (Å²) in [6.45, 7) is 4.43. The first-order chi connectivity index (χ1) is 18.3. The van der Waals surface area contributed by atoms with Crippen molar-refractivity contribution >= 4 is 38.0 Å². The molecule has 0 bridgehead atoms. The van der Waals surface area contributed by atoms with E-state index < -0.39 is 9.84 Å². The van der Waals surface area contributed by atoms with E-state index in [0.717, 1.165) is 21.5 Å². The van der Waals surface area contributed by atoms with E-state index in [9.17, 15) is 13.2 Å². The first-order valence-electron chi connectivity index (χ1n) is 12.3. The van der Waals surface area contributed by atoms with Gasteiger partial charge in [-0.05, 0) is 42.3 Å². The van der Waals surface area contributed by atoms with Gasteiger partial charge in [-0.1, -0.05) is 30.3 Å². The number of benzene rings is 2. The molecule has 1 saturated heterocycles. The van der Waals surface area contributed by atoms with Gasteiger partial charge in [0, 0.05) is 18.0 Å². The summed E-state index contributed by atoms with van der Waals surface area (Å²) in [6, 6.07) is 16.7. The maximum Gasteiger partial charge on any atom is 0.239 e. The second kappa shape index (κ2) is 11.2. The van der Waals surface area contributed by atoms with Crippen molar-refractivity contribution < 1.29 is 22.7 Å². The van der Waals surface area contributed by atoms with Crippen LogP contribution in [0, 0.1) is 6.92 Å². The molecule has 2 aromatic heterocycles. The number of nitrogens with zero attached hydrogens (tertiary/aromatic N) is 2. The molecule has 38 heavy (non-hydrogen) atoms. The summed E-state index contributed by atoms with van der Waals surface area (Å²) < 4.78 is 39.4. The molecular formula is C27H30N4O5S2. The van der Waals surface area contributed by atoms with Gasteiger partial charge in [-0.25, -0.2) is 8.42 Å². The summed E-state index contributed by atoms with van der Waals surface area (Å²) >= 11 is 1.26. The lowest BCUT2D eigenvalue weighted by Crippen LogP contribution is -2.51. The van der Waals surface area contributed by atoms with E-state index >= 15 is 0 Å². The second-order valence-electron chi connectivity index (χ2n) is 9.20. The van der Waals surface area contributed by atoms with Crippen LogP contribution in [0.15, 0.2) is 58.8 Å². The van der Waals surface area contributed by atoms with Crippen molar-refractivity contribution in [2.24, 2.45) is 0 Å². The minimum Gasteiger partial charge on any atom is -0.496 e. The van der Waals surface area contributed by atoms with Crippen molar-refractivity contribution in [3.63, 3.8) is 0 Å². The average Bonchev–Trinajstić information content (AvgIpc) is 3.52. The molecule has 5 rings (SSSR count). The molecule has 2 aromatic carbocycles. The van der Waals surface area contributed by atoms with Crippen molar-refractivity contribution in [3.8, 4) is 5.75 Å². The summed E-state index contributed by atoms with van der Waals surface area (Å²) in [4.78, 5) is 13.3. The van der Waals surface area contributed by atoms with E-state index in [0.29, 0.717) is 53.9 Å². The summed E-state index contributed by atoms with van der Waals surface area (Å²) in [5.41, 5.74) is 3.24. The quantitative estimate of drug-likeness (QED) is 0.327. The van der Waals surface area contributed by atoms with Crippen molar-refractivity contribution in [2.75, 3.05) is 26.9 Å². The number of amides is 1. The summed E-state index contributed by atoms with van der Waals surface area (Å²) in [7, 11) is -1.98. The second-order valence-corrected chi connectivity index (χ2v) is 12.7. The van der Waals surface area contributed by atoms with Gasteiger partial charge >= 0.3 is 0 Å². The normalized spacial score (nSPS) is 16.0. The number of aryl methyl sites for hydroxylation is 1. The number of methoxy groups -OCH3 is 1. The van der Waals surface area contributed by atoms with Crippen LogP contribution < -0.4 is 15.4 Å². The van der Waals surface area contributed by atoms with Crippen LogP contribution in [0.5, 0.6) is 5.75 Å². The van der Waals surface area contributed by atoms with Crippen molar-refractivity contribution in [2.45, 2.75) is 36.0 Å². The molecule has 1 atom stereocenters. The lowest BCUT2D eigenvalue weighted by molar-refractivity contribution is -0.126. The van der Waals surface area contributed by atoms with Crippen LogP contribution in [0.4, 0.5) is 0 Å². The Balaban J connectivity index is 1.34. The zero-order valence-electron chi connectivity index (χ0n) is 21.3. The Bertz CT molecular complexity index is 1540. The van der Waals surface area contributed by atoms with E-state index in [1.807, 2.05) is 60.1 Å². The van der Waals surface area contributed by atoms with E-state index in [1.165, 1.54) is 11.3 Å². The third-order valence-electron chi connectivity index (χ3n) is 6.44. The number of fused-ring (bicyclic) bond motifs is 1. The molecule has 1 aliphatic rings. The van der Waals surface area contributed by atoms with Crippen LogP contribution in [-0.4, -0.2) is 57.0 Å². The zero-order valence-corrected chi connectivity index (χ0v) is 22.9. The number of carbonyl (C=O) groups excluding carboxylic acids is 1. The van der Waals surface area contributed by atoms with E-state index in [-0.39, 0.29) is 17.7 Å². The number of carbonyl (C=O) groups is 1. The fraction of sp³-hybridized carbons (Fsp3) is 0.333. The van der Waals surface area contributed by atoms with Gasteiger partial charge in [0.2, 0.25) is 5.91 Å². The minimum absolute atomic E-state index is 0.0778. The summed E-state index contributed by atoms with van der Waals surface area (Å²) in [6.07, 6.45) is 0. The third-order valence-corrected chi connectivity index (χ3v) is 9.65. The molecule has 200 valence electrons. The van der Waals surface area contributed by atoms with Gasteiger partial charge in [-0.15, -0.1) is 11.3 Å². The van der Waals surface area contributed by atoms with Crippen LogP contribution in [0.25, 0.3) is 10.9 Å². The first-order valence-corrected chi connectivity index (χ1v) is 14.8. The number of morpholine rings is 1. The van der Waals surface area contributed by atoms with Crippen LogP contribution >= 0.6 is 11.3 Å². The molecule has 11 heteroatoms. The predicted octanol–water partition coefficient (Wildman–Crippen LogP) is 3.04. The Morgan fingerprint density at radius 2 is 1.97 bits per heavy atom. The topological polar surface area (TPSA) is 112 Å². The molecule has 1 fully saturated rings. The number of hydrogen-bond acceptors (Lipinski definition) is 8. The molecule has 1 amide bonds. The maximum absolute atomic E-state index is 13.2. The molecule has 1 aliphatic heterocycles. The standard InChI is InChI=1S/C27H30N4O5S2/c1-18-6-11-25(37-18)38(33,34)17-22-26-23(4-3-5-24(26)35-2)31(30-22)15-20-9-7-19(8-10-20)14-29-27(32)21-16-36-13-12-28-21/h3-11,21,28H,12-17H2,1-2H3,(H,29,32)/t21-/m1/s1. The molecule has 0 aliphatic carbocycles. The van der Waals surface area contributed by atoms with Gasteiger partial charge in [0.15, 0.2) is 9.84 Å². The first kappa shape index (κ1) is 26.4. The maximum atomic E-state index is 13.2. The largest absolute Gasteiger partial charge is 0.496 e. The number of aromatic nitrogens is 2. The Labute approximate surface area is 225 Å². The van der Waals surface area contributed by atoms with Gasteiger partial charge in [-0.3, -0.25) is 9.48 Å². The van der Waals surface area contributed by atoms with E-state index in [4.69, 9.17) is 14.6 Å². The summed E-state index contributed by atoms with van der Waals surface area (Å²) in [5.74, 6) is 0.298. The molecule has 3 heterocycles. The highest BCUT2D eigenvalue weighted by Gasteiger charge is 2.24. The lowest BCUT2D eigenvalue weighted by atomic mass is 10.1. The van der Waals surface area contributed by atoms with Gasteiger partial charge < -0.3 is 20.1 Å². The minimum atomic E-state index is -3.56. The smallest absolute Gasteiger partial charge is 0.239 e. The molecule has 0 radical (unpaired) electrons. The highest BCUT2D eigenvalue weighted by molar-refractivity contribution is 7.92. The van der Waals surface area contributed by atoms with Gasteiger partial charge in [0.1, 0.15) is 21.8 Å². The fourth-order valence-corrected chi connectivity index (χ4v) is 7.13. The number of sulfone groups is 1. The molecule has 0 unspecified atom stereocenters. The molecule has 4 aromatic rings. The number of ether oxygens (including phenoxy) is 2. The third kappa shape index (κ3) is 5.75. The predicted molar refractivity (Wildman–Crippen MR) is 146 cm³/mol. The number of nitrogens with one attached hydrogen (secondary N) is 2. The molecule has 0 spiro atoms. The molecule has 0 saturated carbocycles. The molecular weight excluding hydrogens is 524 g/mol. The van der Waals surface area contributed by atoms with Gasteiger partial charge in [0.05, 0.1) is 43.5 Å². The molecule has 9 nitrogen and oxygen atoms in total. The Morgan fingerprint density at radius 1 is 1.18 bits per heavy atom. The van der Waals surface area contributed by atoms with Crippen LogP contribution in [0.2, 0.25) is 0 Å². The SMILES string of the molecule is COc1cccc2c1c(CS(=O)(=O)c1ccc(C)s1)nn2Cc1ccc(CNC(=O)[C@H]2COCCN2)cc1. The average molecular weight is 555 g/mol. The van der Waals surface area contributed by atoms with Crippen LogP contribution in [0.1, 0.15) is 21.7 Å². The highest BCUT2D eigenvalue weighted by Crippen LogP contribution is 2.32. The lowest BCUT2D eigenvalue weighted by Gasteiger charge is -2.22. The van der Waals surface area contributed by atoms with Gasteiger partial charge in [0.25, 0.3) is 0 Å². The Kier molecular flexibility index (Phi) is 7.80. The van der Waals surface area contributed by atoms with Crippen molar-refractivity contribution in [1.82, 2.24) is 20.4 Å². The van der Waals surface area contributed by atoms with E-state index in [2.05, 4.69) is 10.6 Å². The van der Waals surface area contributed by atoms with Crippen molar-refractivity contribution in [3.05, 3.63) is 76.3 Å². The summed E-state index contributed by atoms with van der Waals surface area (Å²) in [5, 5.41) is 11.5. The Hall–Kier alpha value is -3.25. The van der Waals surface area contributed by atoms with Crippen LogP contribution in [-0.2, 0) is 38.2 Å². The number of thiophene rings is 1. The fourth-order valence-electron chi connectivity index (χ4n) is 4.48. The Morgan fingerprint density at radius 3 is 2.66 bits per heavy atom. The van der Waals surface area contributed by atoms with Crippen LogP contribution in [0.3, 0.4) is 0 Å².